The molecule has 0 saturated carbocycles. The summed E-state index contributed by atoms with van der Waals surface area (Å²) in [5.74, 6) is 1.71. The van der Waals surface area contributed by atoms with Crippen molar-refractivity contribution in [1.82, 2.24) is 19.6 Å². The lowest BCUT2D eigenvalue weighted by atomic mass is 10.1. The second-order valence-electron chi connectivity index (χ2n) is 5.75. The molecule has 1 N–H and O–H groups in total. The first-order valence-corrected chi connectivity index (χ1v) is 9.51. The molecule has 0 unspecified atom stereocenters. The molecule has 4 rings (SSSR count). The lowest BCUT2D eigenvalue weighted by molar-refractivity contribution is 0.415. The maximum Gasteiger partial charge on any atom is 0.274 e. The van der Waals surface area contributed by atoms with Gasteiger partial charge in [0.15, 0.2) is 5.16 Å². The van der Waals surface area contributed by atoms with E-state index in [9.17, 15) is 4.79 Å². The molecule has 136 valence electrons. The normalized spacial score (nSPS) is 11.0. The van der Waals surface area contributed by atoms with Gasteiger partial charge in [0, 0.05) is 22.4 Å². The Labute approximate surface area is 164 Å². The van der Waals surface area contributed by atoms with Crippen LogP contribution in [-0.4, -0.2) is 26.7 Å². The van der Waals surface area contributed by atoms with Crippen molar-refractivity contribution in [2.24, 2.45) is 0 Å². The molecule has 0 aliphatic carbocycles. The van der Waals surface area contributed by atoms with Crippen LogP contribution in [0.2, 0.25) is 5.02 Å². The number of methoxy groups -OCH3 is 1. The third-order valence-corrected chi connectivity index (χ3v) is 5.30. The van der Waals surface area contributed by atoms with Gasteiger partial charge in [0.05, 0.1) is 12.8 Å². The highest BCUT2D eigenvalue weighted by atomic mass is 35.5. The Morgan fingerprint density at radius 2 is 1.93 bits per heavy atom. The highest BCUT2D eigenvalue weighted by Crippen LogP contribution is 2.25. The van der Waals surface area contributed by atoms with Gasteiger partial charge in [-0.25, -0.2) is 4.98 Å². The molecule has 0 aliphatic rings. The Morgan fingerprint density at radius 3 is 2.67 bits per heavy atom. The molecule has 4 aromatic rings. The minimum Gasteiger partial charge on any atom is -0.497 e. The average Bonchev–Trinajstić information content (AvgIpc) is 3.11. The van der Waals surface area contributed by atoms with E-state index in [0.29, 0.717) is 27.4 Å². The average molecular weight is 399 g/mol. The molecule has 2 aromatic carbocycles. The van der Waals surface area contributed by atoms with Gasteiger partial charge in [-0.05, 0) is 35.9 Å². The number of nitrogens with one attached hydrogen (secondary N) is 1. The predicted octanol–water partition coefficient (Wildman–Crippen LogP) is 4.04. The first-order chi connectivity index (χ1) is 13.1. The van der Waals surface area contributed by atoms with E-state index in [2.05, 4.69) is 15.1 Å². The van der Waals surface area contributed by atoms with E-state index in [4.69, 9.17) is 16.3 Å². The molecule has 0 spiro atoms. The topological polar surface area (TPSA) is 72.3 Å². The van der Waals surface area contributed by atoms with Crippen LogP contribution in [-0.2, 0) is 5.75 Å². The maximum atomic E-state index is 12.4. The highest BCUT2D eigenvalue weighted by Gasteiger charge is 2.11. The van der Waals surface area contributed by atoms with Gasteiger partial charge in [0.2, 0.25) is 0 Å². The number of hydrogen-bond acceptors (Lipinski definition) is 5. The van der Waals surface area contributed by atoms with E-state index in [1.165, 1.54) is 22.3 Å². The van der Waals surface area contributed by atoms with Gasteiger partial charge in [-0.2, -0.15) is 9.50 Å². The Morgan fingerprint density at radius 1 is 1.15 bits per heavy atom. The molecule has 6 nitrogen and oxygen atoms in total. The molecule has 0 radical (unpaired) electrons. The molecule has 2 aromatic heterocycles. The fraction of sp³-hybridized carbons (Fsp3) is 0.105. The zero-order chi connectivity index (χ0) is 18.8. The summed E-state index contributed by atoms with van der Waals surface area (Å²) in [5, 5.41) is 4.29. The molecule has 0 bridgehead atoms. The molecule has 8 heteroatoms. The fourth-order valence-corrected chi connectivity index (χ4v) is 3.73. The van der Waals surface area contributed by atoms with Crippen molar-refractivity contribution in [2.45, 2.75) is 10.9 Å². The number of rotatable bonds is 5. The first-order valence-electron chi connectivity index (χ1n) is 8.14. The van der Waals surface area contributed by atoms with Gasteiger partial charge in [0.25, 0.3) is 11.3 Å². The van der Waals surface area contributed by atoms with Crippen LogP contribution in [0.25, 0.3) is 17.0 Å². The molecule has 0 fully saturated rings. The predicted molar refractivity (Wildman–Crippen MR) is 107 cm³/mol. The molecular formula is C19H15ClN4O2S. The second kappa shape index (κ2) is 7.46. The number of thioether (sulfide) groups is 1. The standard InChI is InChI=1S/C19H15ClN4O2S/c1-26-14-8-6-12(7-9-14)16-10-17(25)24-18(21-16)22-19(23-24)27-11-13-4-2-3-5-15(13)20/h2-10H,11H2,1H3,(H,21,22,23). The maximum absolute atomic E-state index is 12.4. The van der Waals surface area contributed by atoms with Crippen molar-refractivity contribution in [3.05, 3.63) is 75.5 Å². The summed E-state index contributed by atoms with van der Waals surface area (Å²) in [6.07, 6.45) is 0. The van der Waals surface area contributed by atoms with Crippen LogP contribution >= 0.6 is 23.4 Å². The molecule has 0 atom stereocenters. The second-order valence-corrected chi connectivity index (χ2v) is 7.12. The van der Waals surface area contributed by atoms with Gasteiger partial charge in [-0.1, -0.05) is 41.6 Å². The van der Waals surface area contributed by atoms with E-state index >= 15 is 0 Å². The SMILES string of the molecule is COc1ccc(-c2cc(=O)n3[nH]c(SCc4ccccc4Cl)nc3n2)cc1. The van der Waals surface area contributed by atoms with Gasteiger partial charge in [0.1, 0.15) is 5.75 Å². The highest BCUT2D eigenvalue weighted by molar-refractivity contribution is 7.98. The van der Waals surface area contributed by atoms with Crippen molar-refractivity contribution in [1.29, 1.82) is 0 Å². The van der Waals surface area contributed by atoms with E-state index in [1.807, 2.05) is 48.5 Å². The zero-order valence-corrected chi connectivity index (χ0v) is 15.9. The minimum absolute atomic E-state index is 0.220. The molecule has 0 aliphatic heterocycles. The fourth-order valence-electron chi connectivity index (χ4n) is 2.60. The van der Waals surface area contributed by atoms with Crippen molar-refractivity contribution in [3.63, 3.8) is 0 Å². The van der Waals surface area contributed by atoms with Crippen LogP contribution in [0, 0.1) is 0 Å². The quantitative estimate of drug-likeness (QED) is 0.514. The summed E-state index contributed by atoms with van der Waals surface area (Å²) in [4.78, 5) is 21.4. The summed E-state index contributed by atoms with van der Waals surface area (Å²) in [7, 11) is 1.61. The van der Waals surface area contributed by atoms with Crippen LogP contribution in [0.5, 0.6) is 5.75 Å². The van der Waals surface area contributed by atoms with Crippen molar-refractivity contribution in [3.8, 4) is 17.0 Å². The minimum atomic E-state index is -0.220. The van der Waals surface area contributed by atoms with Gasteiger partial charge >= 0.3 is 0 Å². The van der Waals surface area contributed by atoms with E-state index in [0.717, 1.165) is 16.9 Å². The van der Waals surface area contributed by atoms with Gasteiger partial charge in [-0.3, -0.25) is 9.89 Å². The Hall–Kier alpha value is -2.77. The van der Waals surface area contributed by atoms with E-state index in [-0.39, 0.29) is 5.56 Å². The molecular weight excluding hydrogens is 384 g/mol. The largest absolute Gasteiger partial charge is 0.497 e. The Balaban J connectivity index is 1.63. The van der Waals surface area contributed by atoms with Crippen LogP contribution in [0.4, 0.5) is 0 Å². The van der Waals surface area contributed by atoms with E-state index < -0.39 is 0 Å². The van der Waals surface area contributed by atoms with E-state index in [1.54, 1.807) is 7.11 Å². The summed E-state index contributed by atoms with van der Waals surface area (Å²) >= 11 is 7.65. The summed E-state index contributed by atoms with van der Waals surface area (Å²) in [5.41, 5.74) is 2.17. The lowest BCUT2D eigenvalue weighted by Gasteiger charge is -2.02. The van der Waals surface area contributed by atoms with Crippen LogP contribution in [0.3, 0.4) is 0 Å². The lowest BCUT2D eigenvalue weighted by Crippen LogP contribution is -2.14. The smallest absolute Gasteiger partial charge is 0.274 e. The van der Waals surface area contributed by atoms with Gasteiger partial charge < -0.3 is 4.74 Å². The number of fused-ring (bicyclic) bond motifs is 1. The van der Waals surface area contributed by atoms with Crippen molar-refractivity contribution >= 4 is 29.1 Å². The molecule has 0 amide bonds. The number of nitrogens with zero attached hydrogens (tertiary/aromatic N) is 3. The molecule has 0 saturated heterocycles. The number of hydrogen-bond donors (Lipinski definition) is 1. The number of aromatic nitrogens is 4. The number of H-pyrrole nitrogens is 1. The van der Waals surface area contributed by atoms with Crippen LogP contribution in [0.1, 0.15) is 5.56 Å². The molecule has 27 heavy (non-hydrogen) atoms. The Kier molecular flexibility index (Phi) is 4.87. The van der Waals surface area contributed by atoms with Crippen LogP contribution < -0.4 is 10.3 Å². The van der Waals surface area contributed by atoms with Crippen LogP contribution in [0.15, 0.2) is 64.5 Å². The zero-order valence-electron chi connectivity index (χ0n) is 14.3. The number of aromatic amines is 1. The Bertz CT molecular complexity index is 1150. The number of ether oxygens (including phenoxy) is 1. The third-order valence-electron chi connectivity index (χ3n) is 4.02. The van der Waals surface area contributed by atoms with Gasteiger partial charge in [-0.15, -0.1) is 0 Å². The summed E-state index contributed by atoms with van der Waals surface area (Å²) in [6.45, 7) is 0. The summed E-state index contributed by atoms with van der Waals surface area (Å²) in [6, 6.07) is 16.5. The number of benzene rings is 2. The van der Waals surface area contributed by atoms with Crippen molar-refractivity contribution < 1.29 is 4.74 Å². The third kappa shape index (κ3) is 3.70. The first kappa shape index (κ1) is 17.6. The monoisotopic (exact) mass is 398 g/mol. The molecule has 2 heterocycles. The number of halogens is 1. The summed E-state index contributed by atoms with van der Waals surface area (Å²) < 4.78 is 6.49. The van der Waals surface area contributed by atoms with Crippen molar-refractivity contribution in [2.75, 3.05) is 7.11 Å².